The molecule has 1 heterocycles. The van der Waals surface area contributed by atoms with Gasteiger partial charge in [-0.05, 0) is 31.5 Å². The van der Waals surface area contributed by atoms with E-state index in [4.69, 9.17) is 15.6 Å². The summed E-state index contributed by atoms with van der Waals surface area (Å²) in [4.78, 5) is 13.3. The van der Waals surface area contributed by atoms with Gasteiger partial charge in [-0.3, -0.25) is 15.6 Å². The first-order chi connectivity index (χ1) is 10.8. The Morgan fingerprint density at radius 2 is 1.96 bits per heavy atom. The first kappa shape index (κ1) is 16.7. The Bertz CT molecular complexity index is 680. The summed E-state index contributed by atoms with van der Waals surface area (Å²) in [5.41, 5.74) is 0.723. The van der Waals surface area contributed by atoms with Gasteiger partial charge in [0.1, 0.15) is 5.82 Å². The number of aliphatic hydroxyl groups is 1. The molecule has 0 saturated carbocycles. The summed E-state index contributed by atoms with van der Waals surface area (Å²) in [6, 6.07) is 5.48. The van der Waals surface area contributed by atoms with Crippen LogP contribution in [0.25, 0.3) is 0 Å². The SMILES string of the molecule is CC(C)N1CC(C(=N)OC(=N)Cc2ccc(F)cc2)=C(O)C1=O. The van der Waals surface area contributed by atoms with Gasteiger partial charge in [0.15, 0.2) is 11.7 Å². The number of rotatable bonds is 4. The Balaban J connectivity index is 2.00. The fraction of sp³-hybridized carbons (Fsp3) is 0.312. The van der Waals surface area contributed by atoms with Crippen LogP contribution in [-0.4, -0.2) is 40.3 Å². The lowest BCUT2D eigenvalue weighted by Gasteiger charge is -2.20. The van der Waals surface area contributed by atoms with Crippen molar-refractivity contribution in [2.24, 2.45) is 0 Å². The van der Waals surface area contributed by atoms with Gasteiger partial charge >= 0.3 is 0 Å². The lowest BCUT2D eigenvalue weighted by Crippen LogP contribution is -2.34. The average molecular weight is 319 g/mol. The van der Waals surface area contributed by atoms with E-state index in [0.717, 1.165) is 0 Å². The molecule has 0 saturated heterocycles. The number of hydrogen-bond acceptors (Lipinski definition) is 5. The zero-order chi connectivity index (χ0) is 17.1. The van der Waals surface area contributed by atoms with Crippen LogP contribution < -0.4 is 0 Å². The van der Waals surface area contributed by atoms with Gasteiger partial charge in [0, 0.05) is 12.5 Å². The lowest BCUT2D eigenvalue weighted by atomic mass is 10.1. The highest BCUT2D eigenvalue weighted by molar-refractivity contribution is 6.08. The van der Waals surface area contributed by atoms with Crippen molar-refractivity contribution in [3.8, 4) is 0 Å². The first-order valence-corrected chi connectivity index (χ1v) is 7.11. The molecule has 122 valence electrons. The molecule has 2 rings (SSSR count). The van der Waals surface area contributed by atoms with E-state index in [2.05, 4.69) is 0 Å². The van der Waals surface area contributed by atoms with Crippen LogP contribution in [0.5, 0.6) is 0 Å². The molecule has 0 aliphatic carbocycles. The van der Waals surface area contributed by atoms with E-state index in [1.165, 1.54) is 29.2 Å². The number of aliphatic hydroxyl groups excluding tert-OH is 1. The fourth-order valence-electron chi connectivity index (χ4n) is 2.19. The molecule has 0 spiro atoms. The number of nitrogens with zero attached hydrogens (tertiary/aromatic N) is 1. The summed E-state index contributed by atoms with van der Waals surface area (Å²) in [5, 5.41) is 25.4. The second-order valence-corrected chi connectivity index (χ2v) is 5.51. The molecule has 1 amide bonds. The predicted molar refractivity (Wildman–Crippen MR) is 83.1 cm³/mol. The number of amides is 1. The third kappa shape index (κ3) is 3.74. The van der Waals surface area contributed by atoms with E-state index < -0.39 is 17.6 Å². The van der Waals surface area contributed by atoms with Crippen molar-refractivity contribution in [3.05, 3.63) is 47.0 Å². The predicted octanol–water partition coefficient (Wildman–Crippen LogP) is 2.40. The topological polar surface area (TPSA) is 97.5 Å². The molecule has 1 aromatic carbocycles. The van der Waals surface area contributed by atoms with Gasteiger partial charge in [0.25, 0.3) is 5.91 Å². The number of hydrogen-bond donors (Lipinski definition) is 3. The number of benzene rings is 1. The molecular formula is C16H18FN3O3. The molecular weight excluding hydrogens is 301 g/mol. The summed E-state index contributed by atoms with van der Waals surface area (Å²) in [7, 11) is 0. The van der Waals surface area contributed by atoms with Gasteiger partial charge in [0.05, 0.1) is 12.1 Å². The molecule has 0 unspecified atom stereocenters. The minimum atomic E-state index is -0.548. The summed E-state index contributed by atoms with van der Waals surface area (Å²) < 4.78 is 17.9. The first-order valence-electron chi connectivity index (χ1n) is 7.11. The standard InChI is InChI=1S/C16H18FN3O3/c1-9(2)20-8-12(14(21)16(20)22)15(19)23-13(18)7-10-3-5-11(17)6-4-10/h3-6,9,18-19,21H,7-8H2,1-2H3. The summed E-state index contributed by atoms with van der Waals surface area (Å²) in [5.74, 6) is -2.09. The number of ether oxygens (including phenoxy) is 1. The highest BCUT2D eigenvalue weighted by Gasteiger charge is 2.34. The smallest absolute Gasteiger partial charge is 0.289 e. The fourth-order valence-corrected chi connectivity index (χ4v) is 2.19. The zero-order valence-corrected chi connectivity index (χ0v) is 12.9. The Morgan fingerprint density at radius 1 is 1.35 bits per heavy atom. The molecule has 1 aromatic rings. The molecule has 1 aliphatic rings. The number of carbonyl (C=O) groups excluding carboxylic acids is 1. The van der Waals surface area contributed by atoms with Crippen molar-refractivity contribution in [2.45, 2.75) is 26.3 Å². The van der Waals surface area contributed by atoms with Crippen LogP contribution >= 0.6 is 0 Å². The van der Waals surface area contributed by atoms with Crippen LogP contribution in [0.2, 0.25) is 0 Å². The van der Waals surface area contributed by atoms with E-state index in [9.17, 15) is 14.3 Å². The van der Waals surface area contributed by atoms with Gasteiger partial charge in [-0.2, -0.15) is 0 Å². The van der Waals surface area contributed by atoms with Crippen molar-refractivity contribution in [3.63, 3.8) is 0 Å². The normalized spacial score (nSPS) is 14.6. The Kier molecular flexibility index (Phi) is 4.78. The third-order valence-electron chi connectivity index (χ3n) is 3.48. The van der Waals surface area contributed by atoms with Crippen LogP contribution in [0.3, 0.4) is 0 Å². The zero-order valence-electron chi connectivity index (χ0n) is 12.9. The van der Waals surface area contributed by atoms with E-state index >= 15 is 0 Å². The summed E-state index contributed by atoms with van der Waals surface area (Å²) in [6.45, 7) is 3.68. The molecule has 23 heavy (non-hydrogen) atoms. The second kappa shape index (κ2) is 6.60. The van der Waals surface area contributed by atoms with Gasteiger partial charge in [-0.15, -0.1) is 0 Å². The summed E-state index contributed by atoms with van der Waals surface area (Å²) in [6.07, 6.45) is 0.0819. The lowest BCUT2D eigenvalue weighted by molar-refractivity contribution is -0.129. The van der Waals surface area contributed by atoms with Gasteiger partial charge in [-0.25, -0.2) is 4.39 Å². The molecule has 1 aliphatic heterocycles. The number of nitrogens with one attached hydrogen (secondary N) is 2. The van der Waals surface area contributed by atoms with Crippen LogP contribution in [0, 0.1) is 16.6 Å². The Morgan fingerprint density at radius 3 is 2.48 bits per heavy atom. The van der Waals surface area contributed by atoms with E-state index in [-0.39, 0.29) is 36.3 Å². The maximum atomic E-state index is 12.8. The van der Waals surface area contributed by atoms with Crippen LogP contribution in [0.15, 0.2) is 35.6 Å². The Hall–Kier alpha value is -2.70. The van der Waals surface area contributed by atoms with Crippen molar-refractivity contribution in [2.75, 3.05) is 6.54 Å². The molecule has 0 fully saturated rings. The molecule has 0 atom stereocenters. The average Bonchev–Trinajstić information content (AvgIpc) is 2.78. The van der Waals surface area contributed by atoms with Gasteiger partial charge in [0.2, 0.25) is 5.90 Å². The van der Waals surface area contributed by atoms with Gasteiger partial charge < -0.3 is 14.7 Å². The molecule has 0 bridgehead atoms. The van der Waals surface area contributed by atoms with Crippen LogP contribution in [-0.2, 0) is 16.0 Å². The monoisotopic (exact) mass is 319 g/mol. The van der Waals surface area contributed by atoms with Crippen molar-refractivity contribution >= 4 is 17.7 Å². The quantitative estimate of drug-likeness (QED) is 0.587. The maximum absolute atomic E-state index is 12.8. The third-order valence-corrected chi connectivity index (χ3v) is 3.48. The summed E-state index contributed by atoms with van der Waals surface area (Å²) >= 11 is 0. The number of halogens is 1. The molecule has 7 heteroatoms. The van der Waals surface area contributed by atoms with Gasteiger partial charge in [-0.1, -0.05) is 12.1 Å². The van der Waals surface area contributed by atoms with E-state index in [1.54, 1.807) is 13.8 Å². The maximum Gasteiger partial charge on any atom is 0.289 e. The second-order valence-electron chi connectivity index (χ2n) is 5.51. The molecule has 0 radical (unpaired) electrons. The van der Waals surface area contributed by atoms with E-state index in [1.807, 2.05) is 0 Å². The molecule has 3 N–H and O–H groups in total. The minimum absolute atomic E-state index is 0.0626. The van der Waals surface area contributed by atoms with Crippen molar-refractivity contribution in [1.29, 1.82) is 10.8 Å². The largest absolute Gasteiger partial charge is 0.503 e. The Labute approximate surface area is 133 Å². The molecule has 6 nitrogen and oxygen atoms in total. The minimum Gasteiger partial charge on any atom is -0.503 e. The van der Waals surface area contributed by atoms with Crippen LogP contribution in [0.4, 0.5) is 4.39 Å². The molecule has 0 aromatic heterocycles. The van der Waals surface area contributed by atoms with Crippen molar-refractivity contribution < 1.29 is 19.0 Å². The van der Waals surface area contributed by atoms with Crippen LogP contribution in [0.1, 0.15) is 19.4 Å². The highest BCUT2D eigenvalue weighted by atomic mass is 19.1. The highest BCUT2D eigenvalue weighted by Crippen LogP contribution is 2.21. The van der Waals surface area contributed by atoms with Crippen molar-refractivity contribution in [1.82, 2.24) is 4.90 Å². The number of carbonyl (C=O) groups is 1. The van der Waals surface area contributed by atoms with E-state index in [0.29, 0.717) is 5.56 Å².